The van der Waals surface area contributed by atoms with Crippen molar-refractivity contribution in [3.63, 3.8) is 0 Å². The summed E-state index contributed by atoms with van der Waals surface area (Å²) in [5, 5.41) is 9.94. The fourth-order valence-corrected chi connectivity index (χ4v) is 1.86. The van der Waals surface area contributed by atoms with Gasteiger partial charge in [0.2, 0.25) is 0 Å². The molecule has 0 aromatic rings. The third-order valence-corrected chi connectivity index (χ3v) is 3.74. The van der Waals surface area contributed by atoms with E-state index in [0.717, 1.165) is 12.8 Å². The van der Waals surface area contributed by atoms with Crippen molar-refractivity contribution in [2.45, 2.75) is 85.7 Å². The Bertz CT molecular complexity index is 157. The van der Waals surface area contributed by atoms with Gasteiger partial charge in [-0.1, -0.05) is 66.7 Å². The van der Waals surface area contributed by atoms with Crippen LogP contribution in [0.3, 0.4) is 0 Å². The average Bonchev–Trinajstić information content (AvgIpc) is 2.16. The molecule has 1 heteroatoms. The SMILES string of the molecule is CCCCCCCC(O)CC(C)C(C)(C)C. The van der Waals surface area contributed by atoms with Crippen LogP contribution in [-0.2, 0) is 0 Å². The molecule has 16 heavy (non-hydrogen) atoms. The minimum Gasteiger partial charge on any atom is -0.393 e. The number of hydrogen-bond donors (Lipinski definition) is 1. The lowest BCUT2D eigenvalue weighted by atomic mass is 9.78. The van der Waals surface area contributed by atoms with Crippen LogP contribution in [0.5, 0.6) is 0 Å². The van der Waals surface area contributed by atoms with Crippen LogP contribution in [0.25, 0.3) is 0 Å². The summed E-state index contributed by atoms with van der Waals surface area (Å²) in [5.74, 6) is 0.596. The Hall–Kier alpha value is -0.0400. The van der Waals surface area contributed by atoms with E-state index in [2.05, 4.69) is 34.6 Å². The Kier molecular flexibility index (Phi) is 8.09. The molecule has 0 aromatic heterocycles. The zero-order valence-electron chi connectivity index (χ0n) is 12.1. The third kappa shape index (κ3) is 8.15. The second-order valence-electron chi connectivity index (χ2n) is 6.36. The van der Waals surface area contributed by atoms with Gasteiger partial charge in [0.1, 0.15) is 0 Å². The third-order valence-electron chi connectivity index (χ3n) is 3.74. The lowest BCUT2D eigenvalue weighted by molar-refractivity contribution is 0.101. The largest absolute Gasteiger partial charge is 0.393 e. The average molecular weight is 228 g/mol. The molecule has 0 fully saturated rings. The monoisotopic (exact) mass is 228 g/mol. The van der Waals surface area contributed by atoms with E-state index in [1.54, 1.807) is 0 Å². The first-order chi connectivity index (χ1) is 7.38. The molecule has 0 aliphatic heterocycles. The molecule has 2 atom stereocenters. The van der Waals surface area contributed by atoms with Gasteiger partial charge in [0.15, 0.2) is 0 Å². The lowest BCUT2D eigenvalue weighted by Gasteiger charge is -2.29. The van der Waals surface area contributed by atoms with Crippen LogP contribution < -0.4 is 0 Å². The van der Waals surface area contributed by atoms with Crippen LogP contribution in [0.1, 0.15) is 79.6 Å². The minimum absolute atomic E-state index is 0.0872. The maximum Gasteiger partial charge on any atom is 0.0543 e. The Morgan fingerprint density at radius 2 is 1.56 bits per heavy atom. The highest BCUT2D eigenvalue weighted by Gasteiger charge is 2.22. The molecule has 0 saturated carbocycles. The zero-order chi connectivity index (χ0) is 12.6. The molecule has 0 aliphatic rings. The van der Waals surface area contributed by atoms with Gasteiger partial charge in [0.05, 0.1) is 6.10 Å². The van der Waals surface area contributed by atoms with Gasteiger partial charge in [-0.25, -0.2) is 0 Å². The molecule has 0 aromatic carbocycles. The first-order valence-corrected chi connectivity index (χ1v) is 7.06. The second-order valence-corrected chi connectivity index (χ2v) is 6.36. The van der Waals surface area contributed by atoms with Crippen molar-refractivity contribution in [3.8, 4) is 0 Å². The van der Waals surface area contributed by atoms with E-state index >= 15 is 0 Å². The minimum atomic E-state index is -0.0872. The molecular formula is C15H32O. The van der Waals surface area contributed by atoms with Gasteiger partial charge < -0.3 is 5.11 Å². The first-order valence-electron chi connectivity index (χ1n) is 7.06. The van der Waals surface area contributed by atoms with Crippen molar-refractivity contribution in [2.75, 3.05) is 0 Å². The van der Waals surface area contributed by atoms with E-state index in [0.29, 0.717) is 11.3 Å². The molecule has 0 bridgehead atoms. The number of aliphatic hydroxyl groups is 1. The van der Waals surface area contributed by atoms with Gasteiger partial charge in [-0.15, -0.1) is 0 Å². The van der Waals surface area contributed by atoms with Crippen LogP contribution in [-0.4, -0.2) is 11.2 Å². The predicted octanol–water partition coefficient (Wildman–Crippen LogP) is 4.78. The molecule has 0 rings (SSSR count). The van der Waals surface area contributed by atoms with Crippen molar-refractivity contribution >= 4 is 0 Å². The number of rotatable bonds is 8. The summed E-state index contributed by atoms with van der Waals surface area (Å²) in [5.41, 5.74) is 0.323. The molecule has 0 radical (unpaired) electrons. The van der Waals surface area contributed by atoms with Crippen molar-refractivity contribution in [2.24, 2.45) is 11.3 Å². The molecule has 0 saturated heterocycles. The summed E-state index contributed by atoms with van der Waals surface area (Å²) in [6, 6.07) is 0. The maximum atomic E-state index is 9.94. The molecule has 0 spiro atoms. The van der Waals surface area contributed by atoms with E-state index in [4.69, 9.17) is 0 Å². The first kappa shape index (κ1) is 16.0. The Morgan fingerprint density at radius 3 is 2.06 bits per heavy atom. The summed E-state index contributed by atoms with van der Waals surface area (Å²) in [6.07, 6.45) is 8.31. The predicted molar refractivity (Wildman–Crippen MR) is 72.6 cm³/mol. The Morgan fingerprint density at radius 1 is 1.00 bits per heavy atom. The van der Waals surface area contributed by atoms with E-state index in [9.17, 15) is 5.11 Å². The summed E-state index contributed by atoms with van der Waals surface area (Å²) in [6.45, 7) is 11.3. The van der Waals surface area contributed by atoms with Gasteiger partial charge in [0.25, 0.3) is 0 Å². The maximum absolute atomic E-state index is 9.94. The smallest absolute Gasteiger partial charge is 0.0543 e. The molecule has 0 amide bonds. The van der Waals surface area contributed by atoms with E-state index in [1.807, 2.05) is 0 Å². The molecule has 0 aliphatic carbocycles. The standard InChI is InChI=1S/C15H32O/c1-6-7-8-9-10-11-14(16)12-13(2)15(3,4)5/h13-14,16H,6-12H2,1-5H3. The fourth-order valence-electron chi connectivity index (χ4n) is 1.86. The number of hydrogen-bond acceptors (Lipinski definition) is 1. The number of unbranched alkanes of at least 4 members (excludes halogenated alkanes) is 4. The van der Waals surface area contributed by atoms with Crippen molar-refractivity contribution in [1.29, 1.82) is 0 Å². The van der Waals surface area contributed by atoms with Gasteiger partial charge >= 0.3 is 0 Å². The van der Waals surface area contributed by atoms with Crippen molar-refractivity contribution in [3.05, 3.63) is 0 Å². The van der Waals surface area contributed by atoms with Gasteiger partial charge in [-0.3, -0.25) is 0 Å². The summed E-state index contributed by atoms with van der Waals surface area (Å²) in [7, 11) is 0. The van der Waals surface area contributed by atoms with Crippen LogP contribution in [0, 0.1) is 11.3 Å². The van der Waals surface area contributed by atoms with Crippen LogP contribution in [0.15, 0.2) is 0 Å². The zero-order valence-corrected chi connectivity index (χ0v) is 12.1. The normalized spacial score (nSPS) is 16.1. The molecule has 0 heterocycles. The van der Waals surface area contributed by atoms with Gasteiger partial charge in [0, 0.05) is 0 Å². The van der Waals surface area contributed by atoms with Crippen molar-refractivity contribution < 1.29 is 5.11 Å². The molecule has 98 valence electrons. The summed E-state index contributed by atoms with van der Waals surface area (Å²) in [4.78, 5) is 0. The van der Waals surface area contributed by atoms with E-state index < -0.39 is 0 Å². The lowest BCUT2D eigenvalue weighted by Crippen LogP contribution is -2.22. The molecule has 1 nitrogen and oxygen atoms in total. The fraction of sp³-hybridized carbons (Fsp3) is 1.00. The number of aliphatic hydroxyl groups excluding tert-OH is 1. The van der Waals surface area contributed by atoms with Crippen molar-refractivity contribution in [1.82, 2.24) is 0 Å². The highest BCUT2D eigenvalue weighted by molar-refractivity contribution is 4.73. The van der Waals surface area contributed by atoms with E-state index in [1.165, 1.54) is 32.1 Å². The highest BCUT2D eigenvalue weighted by Crippen LogP contribution is 2.29. The van der Waals surface area contributed by atoms with Gasteiger partial charge in [-0.2, -0.15) is 0 Å². The topological polar surface area (TPSA) is 20.2 Å². The Labute approximate surface area is 103 Å². The molecular weight excluding hydrogens is 196 g/mol. The summed E-state index contributed by atoms with van der Waals surface area (Å²) < 4.78 is 0. The van der Waals surface area contributed by atoms with Crippen LogP contribution in [0.4, 0.5) is 0 Å². The second kappa shape index (κ2) is 8.11. The molecule has 1 N–H and O–H groups in total. The van der Waals surface area contributed by atoms with Crippen LogP contribution >= 0.6 is 0 Å². The Balaban J connectivity index is 3.55. The van der Waals surface area contributed by atoms with Crippen LogP contribution in [0.2, 0.25) is 0 Å². The van der Waals surface area contributed by atoms with E-state index in [-0.39, 0.29) is 6.10 Å². The van der Waals surface area contributed by atoms with Gasteiger partial charge in [-0.05, 0) is 24.2 Å². The highest BCUT2D eigenvalue weighted by atomic mass is 16.3. The molecule has 2 unspecified atom stereocenters. The summed E-state index contributed by atoms with van der Waals surface area (Å²) >= 11 is 0. The quantitative estimate of drug-likeness (QED) is 0.593.